The lowest BCUT2D eigenvalue weighted by Gasteiger charge is -2.25. The highest BCUT2D eigenvalue weighted by molar-refractivity contribution is 5.96. The quantitative estimate of drug-likeness (QED) is 0.112. The molecule has 0 aliphatic rings. The summed E-state index contributed by atoms with van der Waals surface area (Å²) >= 11 is 0. The summed E-state index contributed by atoms with van der Waals surface area (Å²) in [7, 11) is 0. The van der Waals surface area contributed by atoms with Crippen molar-refractivity contribution >= 4 is 35.6 Å². The molecule has 0 radical (unpaired) electrons. The van der Waals surface area contributed by atoms with Gasteiger partial charge >= 0.3 is 11.9 Å². The topological polar surface area (TPSA) is 280 Å². The van der Waals surface area contributed by atoms with Gasteiger partial charge in [-0.3, -0.25) is 24.0 Å². The second kappa shape index (κ2) is 13.6. The normalized spacial score (nSPS) is 15.1. The van der Waals surface area contributed by atoms with Gasteiger partial charge in [-0.25, -0.2) is 9.78 Å². The molecule has 0 saturated heterocycles. The van der Waals surface area contributed by atoms with Crippen LogP contribution in [0.1, 0.15) is 31.9 Å². The first-order valence-electron chi connectivity index (χ1n) is 10.4. The second-order valence-electron chi connectivity index (χ2n) is 7.68. The first-order chi connectivity index (χ1) is 16.3. The smallest absolute Gasteiger partial charge is 0.328 e. The maximum Gasteiger partial charge on any atom is 0.328 e. The zero-order valence-corrected chi connectivity index (χ0v) is 18.8. The van der Waals surface area contributed by atoms with Crippen molar-refractivity contribution in [1.29, 1.82) is 0 Å². The summed E-state index contributed by atoms with van der Waals surface area (Å²) in [5.74, 6) is -6.62. The zero-order valence-electron chi connectivity index (χ0n) is 18.8. The lowest BCUT2D eigenvalue weighted by molar-refractivity contribution is -0.145. The van der Waals surface area contributed by atoms with Crippen LogP contribution in [0.25, 0.3) is 0 Å². The maximum absolute atomic E-state index is 12.9. The Morgan fingerprint density at radius 1 is 1.03 bits per heavy atom. The first kappa shape index (κ1) is 29.0. The minimum Gasteiger partial charge on any atom is -0.481 e. The number of carboxylic acids is 2. The zero-order chi connectivity index (χ0) is 26.7. The molecule has 1 aromatic heterocycles. The van der Waals surface area contributed by atoms with E-state index < -0.39 is 78.7 Å². The molecule has 5 unspecified atom stereocenters. The number of carbonyl (C=O) groups excluding carboxylic acids is 4. The highest BCUT2D eigenvalue weighted by atomic mass is 16.4. The third-order valence-corrected chi connectivity index (χ3v) is 4.70. The molecule has 1 heterocycles. The number of carbonyl (C=O) groups is 6. The summed E-state index contributed by atoms with van der Waals surface area (Å²) < 4.78 is 0. The van der Waals surface area contributed by atoms with E-state index in [1.54, 1.807) is 0 Å². The molecule has 1 aromatic rings. The van der Waals surface area contributed by atoms with E-state index in [-0.39, 0.29) is 12.8 Å². The molecule has 11 N–H and O–H groups in total. The van der Waals surface area contributed by atoms with Crippen LogP contribution in [0.15, 0.2) is 12.5 Å². The molecule has 0 aromatic carbocycles. The minimum atomic E-state index is -1.68. The number of nitrogens with zero attached hydrogens (tertiary/aromatic N) is 1. The summed E-state index contributed by atoms with van der Waals surface area (Å²) in [5, 5.41) is 34.1. The predicted molar refractivity (Wildman–Crippen MR) is 116 cm³/mol. The molecule has 4 amide bonds. The molecular formula is C19H29N7O9. The number of amides is 4. The number of nitrogens with one attached hydrogen (secondary N) is 4. The Bertz CT molecular complexity index is 920. The van der Waals surface area contributed by atoms with E-state index in [9.17, 15) is 39.0 Å². The van der Waals surface area contributed by atoms with Crippen molar-refractivity contribution in [1.82, 2.24) is 25.9 Å². The number of imidazole rings is 1. The summed E-state index contributed by atoms with van der Waals surface area (Å²) in [6.45, 7) is 1.15. The number of aliphatic hydroxyl groups excluding tert-OH is 1. The van der Waals surface area contributed by atoms with E-state index in [4.69, 9.17) is 16.6 Å². The van der Waals surface area contributed by atoms with Gasteiger partial charge in [0.05, 0.1) is 24.9 Å². The van der Waals surface area contributed by atoms with Gasteiger partial charge in [0.1, 0.15) is 12.1 Å². The monoisotopic (exact) mass is 499 g/mol. The van der Waals surface area contributed by atoms with Gasteiger partial charge in [0.2, 0.25) is 23.6 Å². The Morgan fingerprint density at radius 2 is 1.63 bits per heavy atom. The fraction of sp³-hybridized carbons (Fsp3) is 0.526. The van der Waals surface area contributed by atoms with E-state index in [1.165, 1.54) is 12.5 Å². The van der Waals surface area contributed by atoms with E-state index in [0.717, 1.165) is 6.92 Å². The summed E-state index contributed by atoms with van der Waals surface area (Å²) in [6, 6.07) is -5.98. The van der Waals surface area contributed by atoms with Crippen molar-refractivity contribution in [3.8, 4) is 0 Å². The lowest BCUT2D eigenvalue weighted by atomic mass is 10.1. The number of aliphatic hydroxyl groups is 1. The molecule has 0 fully saturated rings. The van der Waals surface area contributed by atoms with Crippen LogP contribution < -0.4 is 27.4 Å². The number of aromatic nitrogens is 2. The van der Waals surface area contributed by atoms with E-state index in [0.29, 0.717) is 5.69 Å². The van der Waals surface area contributed by atoms with Gasteiger partial charge in [0.25, 0.3) is 0 Å². The highest BCUT2D eigenvalue weighted by Gasteiger charge is 2.32. The average molecular weight is 499 g/mol. The third kappa shape index (κ3) is 10.2. The summed E-state index contributed by atoms with van der Waals surface area (Å²) in [4.78, 5) is 77.8. The molecule has 16 heteroatoms. The third-order valence-electron chi connectivity index (χ3n) is 4.70. The van der Waals surface area contributed by atoms with Gasteiger partial charge in [-0.05, 0) is 13.3 Å². The number of H-pyrrole nitrogens is 1. The van der Waals surface area contributed by atoms with Gasteiger partial charge in [-0.2, -0.15) is 0 Å². The number of aromatic amines is 1. The highest BCUT2D eigenvalue weighted by Crippen LogP contribution is 2.04. The van der Waals surface area contributed by atoms with Crippen LogP contribution in [0.3, 0.4) is 0 Å². The Hall–Kier alpha value is -4.05. The van der Waals surface area contributed by atoms with Crippen molar-refractivity contribution in [3.63, 3.8) is 0 Å². The van der Waals surface area contributed by atoms with E-state index >= 15 is 0 Å². The molecule has 0 aliphatic heterocycles. The summed E-state index contributed by atoms with van der Waals surface area (Å²) in [5.41, 5.74) is 11.1. The Labute approximate surface area is 198 Å². The van der Waals surface area contributed by atoms with Crippen molar-refractivity contribution < 1.29 is 44.1 Å². The van der Waals surface area contributed by atoms with Crippen LogP contribution in [0.2, 0.25) is 0 Å². The fourth-order valence-electron chi connectivity index (χ4n) is 2.84. The number of aliphatic carboxylic acids is 2. The van der Waals surface area contributed by atoms with Crippen LogP contribution in [0.5, 0.6) is 0 Å². The van der Waals surface area contributed by atoms with Crippen molar-refractivity contribution in [2.75, 3.05) is 0 Å². The number of nitrogens with two attached hydrogens (primary N) is 2. The number of hydrogen-bond donors (Lipinski definition) is 9. The molecule has 5 atom stereocenters. The van der Waals surface area contributed by atoms with E-state index in [2.05, 4.69) is 25.9 Å². The van der Waals surface area contributed by atoms with Gasteiger partial charge in [-0.1, -0.05) is 0 Å². The van der Waals surface area contributed by atoms with Gasteiger partial charge < -0.3 is 47.7 Å². The molecule has 0 bridgehead atoms. The summed E-state index contributed by atoms with van der Waals surface area (Å²) in [6.07, 6.45) is -0.342. The van der Waals surface area contributed by atoms with Crippen LogP contribution in [-0.2, 0) is 35.2 Å². The number of rotatable bonds is 15. The first-order valence-corrected chi connectivity index (χ1v) is 10.4. The molecule has 35 heavy (non-hydrogen) atoms. The number of carboxylic acid groups (broad SMARTS) is 2. The fourth-order valence-corrected chi connectivity index (χ4v) is 2.84. The SMILES string of the molecule is CC(O)C(NC(=O)C(Cc1cnc[nH]1)NC(=O)C(CC(N)=O)NC(=O)C(N)CCC(=O)O)C(=O)O. The van der Waals surface area contributed by atoms with E-state index in [1.807, 2.05) is 0 Å². The molecule has 16 nitrogen and oxygen atoms in total. The standard InChI is InChI=1S/C19H29N7O9/c1-8(27)15(19(34)35)26-18(33)11(4-9-6-22-7-23-9)25-17(32)12(5-13(21)28)24-16(31)10(20)2-3-14(29)30/h6-8,10-12,15,27H,2-5,20H2,1H3,(H2,21,28)(H,22,23)(H,24,31)(H,25,32)(H,26,33)(H,29,30)(H,34,35). The Morgan fingerprint density at radius 3 is 2.11 bits per heavy atom. The van der Waals surface area contributed by atoms with Crippen molar-refractivity contribution in [3.05, 3.63) is 18.2 Å². The average Bonchev–Trinajstić information content (AvgIpc) is 3.26. The molecule has 194 valence electrons. The van der Waals surface area contributed by atoms with Crippen molar-refractivity contribution in [2.45, 2.75) is 62.9 Å². The Kier molecular flexibility index (Phi) is 11.3. The molecule has 0 saturated carbocycles. The molecule has 0 spiro atoms. The minimum absolute atomic E-state index is 0.195. The number of hydrogen-bond acceptors (Lipinski definition) is 9. The van der Waals surface area contributed by atoms with Crippen LogP contribution in [0, 0.1) is 0 Å². The number of primary amides is 1. The molecule has 0 aliphatic carbocycles. The van der Waals surface area contributed by atoms with Gasteiger partial charge in [0.15, 0.2) is 6.04 Å². The predicted octanol–water partition coefficient (Wildman–Crippen LogP) is -4.06. The molecule has 1 rings (SSSR count). The Balaban J connectivity index is 3.05. The lowest BCUT2D eigenvalue weighted by Crippen LogP contribution is -2.59. The van der Waals surface area contributed by atoms with Crippen molar-refractivity contribution in [2.24, 2.45) is 11.5 Å². The second-order valence-corrected chi connectivity index (χ2v) is 7.68. The van der Waals surface area contributed by atoms with Gasteiger partial charge in [0, 0.05) is 24.7 Å². The largest absolute Gasteiger partial charge is 0.481 e. The van der Waals surface area contributed by atoms with Crippen LogP contribution in [-0.4, -0.2) is 91.1 Å². The van der Waals surface area contributed by atoms with Gasteiger partial charge in [-0.15, -0.1) is 0 Å². The molecular weight excluding hydrogens is 470 g/mol. The van der Waals surface area contributed by atoms with Crippen LogP contribution >= 0.6 is 0 Å². The van der Waals surface area contributed by atoms with Crippen LogP contribution in [0.4, 0.5) is 0 Å². The maximum atomic E-state index is 12.9.